The van der Waals surface area contributed by atoms with Gasteiger partial charge >= 0.3 is 0 Å². The van der Waals surface area contributed by atoms with Crippen LogP contribution in [-0.2, 0) is 11.3 Å². The van der Waals surface area contributed by atoms with Crippen molar-refractivity contribution in [3.63, 3.8) is 0 Å². The lowest BCUT2D eigenvalue weighted by Crippen LogP contribution is -2.02. The van der Waals surface area contributed by atoms with Crippen molar-refractivity contribution < 1.29 is 4.79 Å². The van der Waals surface area contributed by atoms with Crippen molar-refractivity contribution in [1.29, 1.82) is 0 Å². The molecule has 0 fully saturated rings. The highest BCUT2D eigenvalue weighted by Crippen LogP contribution is 2.23. The molecule has 2 rings (SSSR count). The molecule has 0 saturated heterocycles. The van der Waals surface area contributed by atoms with Gasteiger partial charge in [0.05, 0.1) is 0 Å². The first-order valence-corrected chi connectivity index (χ1v) is 6.34. The number of hydrogen-bond donors (Lipinski definition) is 0. The molecule has 0 unspecified atom stereocenters. The van der Waals surface area contributed by atoms with Crippen LogP contribution >= 0.6 is 0 Å². The Morgan fingerprint density at radius 3 is 2.72 bits per heavy atom. The average molecular weight is 241 g/mol. The minimum atomic E-state index is 0.0793. The fourth-order valence-corrected chi connectivity index (χ4v) is 2.16. The molecule has 94 valence electrons. The molecule has 0 atom stereocenters. The van der Waals surface area contributed by atoms with Crippen molar-refractivity contribution in [3.05, 3.63) is 42.1 Å². The second kappa shape index (κ2) is 5.21. The first-order chi connectivity index (χ1) is 8.58. The minimum Gasteiger partial charge on any atom is -0.347 e. The summed E-state index contributed by atoms with van der Waals surface area (Å²) in [4.78, 5) is 11.0. The van der Waals surface area contributed by atoms with Crippen LogP contribution in [0.25, 0.3) is 17.0 Å². The summed E-state index contributed by atoms with van der Waals surface area (Å²) in [6, 6.07) is 8.32. The van der Waals surface area contributed by atoms with Crippen molar-refractivity contribution in [2.24, 2.45) is 5.92 Å². The van der Waals surface area contributed by atoms with Gasteiger partial charge in [0.1, 0.15) is 0 Å². The number of carbonyl (C=O) groups is 1. The summed E-state index contributed by atoms with van der Waals surface area (Å²) >= 11 is 0. The standard InChI is InChI=1S/C16H19NO/c1-12(2)10-17-11-14(9-8-13(3)18)15-6-4-5-7-16(15)17/h4-9,11-12H,10H2,1-3H3/b9-8+. The summed E-state index contributed by atoms with van der Waals surface area (Å²) in [5.41, 5.74) is 2.34. The van der Waals surface area contributed by atoms with Gasteiger partial charge in [-0.1, -0.05) is 32.0 Å². The van der Waals surface area contributed by atoms with Crippen LogP contribution in [0.5, 0.6) is 0 Å². The third-order valence-corrected chi connectivity index (χ3v) is 2.88. The fraction of sp³-hybridized carbons (Fsp3) is 0.312. The Morgan fingerprint density at radius 1 is 1.33 bits per heavy atom. The zero-order chi connectivity index (χ0) is 13.1. The number of para-hydroxylation sites is 1. The molecule has 0 spiro atoms. The third kappa shape index (κ3) is 2.70. The van der Waals surface area contributed by atoms with Crippen LogP contribution in [0.4, 0.5) is 0 Å². The predicted octanol–water partition coefficient (Wildman–Crippen LogP) is 3.90. The van der Waals surface area contributed by atoms with E-state index in [1.807, 2.05) is 12.1 Å². The molecule has 0 aliphatic rings. The number of benzene rings is 1. The third-order valence-electron chi connectivity index (χ3n) is 2.88. The van der Waals surface area contributed by atoms with Crippen molar-refractivity contribution in [2.45, 2.75) is 27.3 Å². The summed E-state index contributed by atoms with van der Waals surface area (Å²) in [5, 5.41) is 1.20. The normalized spacial score (nSPS) is 11.8. The molecule has 1 aromatic heterocycles. The molecule has 2 aromatic rings. The molecule has 2 heteroatoms. The summed E-state index contributed by atoms with van der Waals surface area (Å²) < 4.78 is 2.26. The predicted molar refractivity (Wildman–Crippen MR) is 76.5 cm³/mol. The zero-order valence-corrected chi connectivity index (χ0v) is 11.2. The molecular formula is C16H19NO. The minimum absolute atomic E-state index is 0.0793. The summed E-state index contributed by atoms with van der Waals surface area (Å²) in [6.07, 6.45) is 5.66. The van der Waals surface area contributed by atoms with Gasteiger partial charge in [0.15, 0.2) is 5.78 Å². The molecule has 0 N–H and O–H groups in total. The van der Waals surface area contributed by atoms with Crippen molar-refractivity contribution in [3.8, 4) is 0 Å². The van der Waals surface area contributed by atoms with Crippen LogP contribution < -0.4 is 0 Å². The highest BCUT2D eigenvalue weighted by molar-refractivity contribution is 5.96. The Labute approximate surface area is 108 Å². The smallest absolute Gasteiger partial charge is 0.152 e. The lowest BCUT2D eigenvalue weighted by atomic mass is 10.1. The van der Waals surface area contributed by atoms with Crippen LogP contribution in [0.15, 0.2) is 36.5 Å². The van der Waals surface area contributed by atoms with Gasteiger partial charge in [0, 0.05) is 29.2 Å². The van der Waals surface area contributed by atoms with Gasteiger partial charge in [-0.15, -0.1) is 0 Å². The van der Waals surface area contributed by atoms with E-state index in [9.17, 15) is 4.79 Å². The van der Waals surface area contributed by atoms with Crippen molar-refractivity contribution in [2.75, 3.05) is 0 Å². The molecule has 0 bridgehead atoms. The fourth-order valence-electron chi connectivity index (χ4n) is 2.16. The van der Waals surface area contributed by atoms with E-state index in [4.69, 9.17) is 0 Å². The van der Waals surface area contributed by atoms with E-state index in [1.165, 1.54) is 10.9 Å². The number of aromatic nitrogens is 1. The van der Waals surface area contributed by atoms with E-state index in [0.717, 1.165) is 12.1 Å². The Hall–Kier alpha value is -1.83. The highest BCUT2D eigenvalue weighted by atomic mass is 16.1. The van der Waals surface area contributed by atoms with Gasteiger partial charge in [-0.2, -0.15) is 0 Å². The first kappa shape index (κ1) is 12.6. The maximum Gasteiger partial charge on any atom is 0.152 e. The molecular weight excluding hydrogens is 222 g/mol. The number of nitrogens with zero attached hydrogens (tertiary/aromatic N) is 1. The van der Waals surface area contributed by atoms with E-state index in [1.54, 1.807) is 13.0 Å². The van der Waals surface area contributed by atoms with E-state index in [0.29, 0.717) is 5.92 Å². The maximum atomic E-state index is 11.0. The molecule has 0 amide bonds. The van der Waals surface area contributed by atoms with Crippen molar-refractivity contribution in [1.82, 2.24) is 4.57 Å². The SMILES string of the molecule is CC(=O)/C=C/c1cn(CC(C)C)c2ccccc12. The van der Waals surface area contributed by atoms with Crippen LogP contribution in [0.3, 0.4) is 0 Å². The lowest BCUT2D eigenvalue weighted by molar-refractivity contribution is -0.112. The lowest BCUT2D eigenvalue weighted by Gasteiger charge is -2.07. The summed E-state index contributed by atoms with van der Waals surface area (Å²) in [5.74, 6) is 0.682. The topological polar surface area (TPSA) is 22.0 Å². The first-order valence-electron chi connectivity index (χ1n) is 6.34. The molecule has 0 saturated carbocycles. The van der Waals surface area contributed by atoms with E-state index in [2.05, 4.69) is 42.8 Å². The van der Waals surface area contributed by atoms with Gasteiger partial charge in [0.25, 0.3) is 0 Å². The van der Waals surface area contributed by atoms with Gasteiger partial charge in [0.2, 0.25) is 0 Å². The largest absolute Gasteiger partial charge is 0.347 e. The van der Waals surface area contributed by atoms with Crippen LogP contribution in [0, 0.1) is 5.92 Å². The monoisotopic (exact) mass is 241 g/mol. The molecule has 0 aliphatic heterocycles. The average Bonchev–Trinajstić information content (AvgIpc) is 2.65. The number of rotatable bonds is 4. The van der Waals surface area contributed by atoms with Gasteiger partial charge in [-0.3, -0.25) is 4.79 Å². The van der Waals surface area contributed by atoms with E-state index < -0.39 is 0 Å². The summed E-state index contributed by atoms with van der Waals surface area (Å²) in [7, 11) is 0. The van der Waals surface area contributed by atoms with Gasteiger partial charge in [-0.25, -0.2) is 0 Å². The number of allylic oxidation sites excluding steroid dienone is 1. The Morgan fingerprint density at radius 2 is 2.06 bits per heavy atom. The second-order valence-electron chi connectivity index (χ2n) is 5.09. The quantitative estimate of drug-likeness (QED) is 0.744. The van der Waals surface area contributed by atoms with Crippen LogP contribution in [0.1, 0.15) is 26.3 Å². The second-order valence-corrected chi connectivity index (χ2v) is 5.09. The Bertz CT molecular complexity index is 590. The molecule has 1 aromatic carbocycles. The Kier molecular flexibility index (Phi) is 3.66. The highest BCUT2D eigenvalue weighted by Gasteiger charge is 2.06. The number of ketones is 1. The molecule has 0 radical (unpaired) electrons. The number of carbonyl (C=O) groups excluding carboxylic acids is 1. The van der Waals surface area contributed by atoms with Crippen molar-refractivity contribution >= 4 is 22.8 Å². The Balaban J connectivity index is 2.50. The van der Waals surface area contributed by atoms with E-state index in [-0.39, 0.29) is 5.78 Å². The zero-order valence-electron chi connectivity index (χ0n) is 11.2. The molecule has 2 nitrogen and oxygen atoms in total. The molecule has 0 aliphatic carbocycles. The number of fused-ring (bicyclic) bond motifs is 1. The van der Waals surface area contributed by atoms with Crippen LogP contribution in [-0.4, -0.2) is 10.4 Å². The van der Waals surface area contributed by atoms with Gasteiger partial charge < -0.3 is 4.57 Å². The summed E-state index contributed by atoms with van der Waals surface area (Å²) in [6.45, 7) is 6.98. The van der Waals surface area contributed by atoms with Gasteiger partial charge in [-0.05, 0) is 31.1 Å². The van der Waals surface area contributed by atoms with E-state index >= 15 is 0 Å². The van der Waals surface area contributed by atoms with Crippen LogP contribution in [0.2, 0.25) is 0 Å². The molecule has 1 heterocycles. The molecule has 18 heavy (non-hydrogen) atoms. The maximum absolute atomic E-state index is 11.0. The number of hydrogen-bond acceptors (Lipinski definition) is 1.